The third-order valence-corrected chi connectivity index (χ3v) is 5.32. The molecule has 0 bridgehead atoms. The monoisotopic (exact) mass is 351 g/mol. The lowest BCUT2D eigenvalue weighted by Crippen LogP contribution is -2.13. The molecule has 3 aromatic carbocycles. The molecule has 0 unspecified atom stereocenters. The molecule has 27 heavy (non-hydrogen) atoms. The summed E-state index contributed by atoms with van der Waals surface area (Å²) in [6.45, 7) is 0. The summed E-state index contributed by atoms with van der Waals surface area (Å²) < 4.78 is 0. The van der Waals surface area contributed by atoms with Gasteiger partial charge in [0.1, 0.15) is 0 Å². The second-order valence-electron chi connectivity index (χ2n) is 6.87. The lowest BCUT2D eigenvalue weighted by atomic mass is 9.84. The number of benzene rings is 3. The van der Waals surface area contributed by atoms with Crippen molar-refractivity contribution in [1.29, 1.82) is 0 Å². The molecule has 0 fully saturated rings. The van der Waals surface area contributed by atoms with Crippen molar-refractivity contribution in [1.82, 2.24) is 4.98 Å². The Labute approximate surface area is 156 Å². The van der Waals surface area contributed by atoms with Gasteiger partial charge in [-0.1, -0.05) is 66.7 Å². The zero-order valence-corrected chi connectivity index (χ0v) is 14.6. The molecule has 3 nitrogen and oxygen atoms in total. The smallest absolute Gasteiger partial charge is 0.336 e. The molecular weight excluding hydrogens is 334 g/mol. The van der Waals surface area contributed by atoms with Crippen LogP contribution in [0.15, 0.2) is 72.8 Å². The van der Waals surface area contributed by atoms with Crippen LogP contribution in [-0.2, 0) is 12.8 Å². The summed E-state index contributed by atoms with van der Waals surface area (Å²) in [5.41, 5.74) is 7.42. The topological polar surface area (TPSA) is 50.2 Å². The average Bonchev–Trinajstić information content (AvgIpc) is 2.72. The zero-order chi connectivity index (χ0) is 18.4. The molecule has 0 saturated carbocycles. The number of pyridine rings is 1. The number of aryl methyl sites for hydroxylation is 1. The largest absolute Gasteiger partial charge is 0.478 e. The molecule has 1 aliphatic rings. The van der Waals surface area contributed by atoms with Crippen LogP contribution in [0, 0.1) is 0 Å². The van der Waals surface area contributed by atoms with Crippen LogP contribution in [0.4, 0.5) is 0 Å². The molecule has 1 N–H and O–H groups in total. The predicted molar refractivity (Wildman–Crippen MR) is 107 cm³/mol. The minimum atomic E-state index is -0.880. The van der Waals surface area contributed by atoms with E-state index in [1.165, 1.54) is 16.7 Å². The Hall–Kier alpha value is -3.46. The Morgan fingerprint density at radius 3 is 2.44 bits per heavy atom. The highest BCUT2D eigenvalue weighted by atomic mass is 16.4. The molecule has 4 aromatic rings. The number of fused-ring (bicyclic) bond motifs is 4. The SMILES string of the molecule is O=C(O)c1c2c(nc3ccccc13)-c1ccc(-c3ccccc3)cc1CC2. The summed E-state index contributed by atoms with van der Waals surface area (Å²) in [7, 11) is 0. The van der Waals surface area contributed by atoms with Gasteiger partial charge in [0.05, 0.1) is 16.8 Å². The van der Waals surface area contributed by atoms with Gasteiger partial charge in [-0.05, 0) is 41.2 Å². The summed E-state index contributed by atoms with van der Waals surface area (Å²) in [6.07, 6.45) is 1.52. The van der Waals surface area contributed by atoms with Gasteiger partial charge in [-0.15, -0.1) is 0 Å². The molecule has 0 saturated heterocycles. The Kier molecular flexibility index (Phi) is 3.54. The minimum absolute atomic E-state index is 0.397. The van der Waals surface area contributed by atoms with E-state index in [0.29, 0.717) is 17.4 Å². The van der Waals surface area contributed by atoms with Gasteiger partial charge in [-0.3, -0.25) is 0 Å². The van der Waals surface area contributed by atoms with Crippen LogP contribution in [0.25, 0.3) is 33.3 Å². The molecule has 3 heteroatoms. The Bertz CT molecular complexity index is 1200. The normalized spacial score (nSPS) is 12.4. The fourth-order valence-corrected chi connectivity index (χ4v) is 4.06. The van der Waals surface area contributed by atoms with Crippen molar-refractivity contribution in [2.24, 2.45) is 0 Å². The molecule has 130 valence electrons. The number of para-hydroxylation sites is 1. The summed E-state index contributed by atoms with van der Waals surface area (Å²) in [5.74, 6) is -0.880. The fourth-order valence-electron chi connectivity index (χ4n) is 4.06. The van der Waals surface area contributed by atoms with Crippen LogP contribution in [0.5, 0.6) is 0 Å². The highest BCUT2D eigenvalue weighted by Gasteiger charge is 2.25. The van der Waals surface area contributed by atoms with Crippen molar-refractivity contribution < 1.29 is 9.90 Å². The second-order valence-corrected chi connectivity index (χ2v) is 6.87. The molecular formula is C24H17NO2. The summed E-state index contributed by atoms with van der Waals surface area (Å²) >= 11 is 0. The Balaban J connectivity index is 1.74. The van der Waals surface area contributed by atoms with E-state index in [2.05, 4.69) is 30.3 Å². The van der Waals surface area contributed by atoms with E-state index in [-0.39, 0.29) is 0 Å². The fraction of sp³-hybridized carbons (Fsp3) is 0.0833. The van der Waals surface area contributed by atoms with Gasteiger partial charge in [-0.25, -0.2) is 9.78 Å². The molecule has 0 atom stereocenters. The summed E-state index contributed by atoms with van der Waals surface area (Å²) in [4.78, 5) is 16.8. The van der Waals surface area contributed by atoms with Crippen molar-refractivity contribution >= 4 is 16.9 Å². The highest BCUT2D eigenvalue weighted by Crippen LogP contribution is 2.38. The molecule has 1 aliphatic carbocycles. The molecule has 0 spiro atoms. The van der Waals surface area contributed by atoms with Gasteiger partial charge in [0.15, 0.2) is 0 Å². The number of rotatable bonds is 2. The number of hydrogen-bond acceptors (Lipinski definition) is 2. The maximum absolute atomic E-state index is 12.0. The van der Waals surface area contributed by atoms with Crippen LogP contribution in [-0.4, -0.2) is 16.1 Å². The van der Waals surface area contributed by atoms with E-state index in [4.69, 9.17) is 4.98 Å². The number of carboxylic acid groups (broad SMARTS) is 1. The van der Waals surface area contributed by atoms with Gasteiger partial charge < -0.3 is 5.11 Å². The van der Waals surface area contributed by atoms with Gasteiger partial charge in [-0.2, -0.15) is 0 Å². The summed E-state index contributed by atoms with van der Waals surface area (Å²) in [5, 5.41) is 10.6. The number of aromatic nitrogens is 1. The minimum Gasteiger partial charge on any atom is -0.478 e. The first kappa shape index (κ1) is 15.8. The zero-order valence-electron chi connectivity index (χ0n) is 14.6. The predicted octanol–water partition coefficient (Wildman–Crippen LogP) is 5.37. The third-order valence-electron chi connectivity index (χ3n) is 5.32. The second kappa shape index (κ2) is 6.06. The Morgan fingerprint density at radius 2 is 1.63 bits per heavy atom. The van der Waals surface area contributed by atoms with E-state index in [1.807, 2.05) is 42.5 Å². The van der Waals surface area contributed by atoms with E-state index in [0.717, 1.165) is 28.8 Å². The van der Waals surface area contributed by atoms with Crippen molar-refractivity contribution in [3.63, 3.8) is 0 Å². The maximum atomic E-state index is 12.0. The van der Waals surface area contributed by atoms with Crippen LogP contribution >= 0.6 is 0 Å². The van der Waals surface area contributed by atoms with Gasteiger partial charge in [0, 0.05) is 10.9 Å². The number of aromatic carboxylic acids is 1. The first-order valence-corrected chi connectivity index (χ1v) is 9.06. The van der Waals surface area contributed by atoms with E-state index in [9.17, 15) is 9.90 Å². The van der Waals surface area contributed by atoms with E-state index >= 15 is 0 Å². The summed E-state index contributed by atoms with van der Waals surface area (Å²) in [6, 6.07) is 24.2. The third kappa shape index (κ3) is 2.51. The lowest BCUT2D eigenvalue weighted by Gasteiger charge is -2.22. The molecule has 0 aliphatic heterocycles. The quantitative estimate of drug-likeness (QED) is 0.528. The van der Waals surface area contributed by atoms with Crippen LogP contribution < -0.4 is 0 Å². The van der Waals surface area contributed by atoms with Crippen molar-refractivity contribution in [3.8, 4) is 22.4 Å². The van der Waals surface area contributed by atoms with Gasteiger partial charge in [0.2, 0.25) is 0 Å². The molecule has 1 heterocycles. The van der Waals surface area contributed by atoms with Crippen LogP contribution in [0.1, 0.15) is 21.5 Å². The van der Waals surface area contributed by atoms with Crippen LogP contribution in [0.2, 0.25) is 0 Å². The van der Waals surface area contributed by atoms with Crippen molar-refractivity contribution in [2.75, 3.05) is 0 Å². The average molecular weight is 351 g/mol. The number of carbonyl (C=O) groups is 1. The maximum Gasteiger partial charge on any atom is 0.336 e. The molecule has 5 rings (SSSR count). The first-order valence-electron chi connectivity index (χ1n) is 9.06. The van der Waals surface area contributed by atoms with Gasteiger partial charge >= 0.3 is 5.97 Å². The molecule has 0 amide bonds. The van der Waals surface area contributed by atoms with E-state index < -0.39 is 5.97 Å². The first-order chi connectivity index (χ1) is 13.2. The Morgan fingerprint density at radius 1 is 0.852 bits per heavy atom. The number of nitrogens with zero attached hydrogens (tertiary/aromatic N) is 1. The highest BCUT2D eigenvalue weighted by molar-refractivity contribution is 6.06. The van der Waals surface area contributed by atoms with Gasteiger partial charge in [0.25, 0.3) is 0 Å². The standard InChI is InChI=1S/C24H17NO2/c26-24(27)22-19-8-4-5-9-21(19)25-23-18-12-10-16(15-6-2-1-3-7-15)14-17(18)11-13-20(22)23/h1-10,12,14H,11,13H2,(H,26,27). The van der Waals surface area contributed by atoms with E-state index in [1.54, 1.807) is 0 Å². The van der Waals surface area contributed by atoms with Crippen molar-refractivity contribution in [3.05, 3.63) is 89.5 Å². The van der Waals surface area contributed by atoms with Crippen LogP contribution in [0.3, 0.4) is 0 Å². The molecule has 0 radical (unpaired) electrons. The number of carboxylic acids is 1. The lowest BCUT2D eigenvalue weighted by molar-refractivity contribution is 0.0698. The molecule has 1 aromatic heterocycles. The van der Waals surface area contributed by atoms with Crippen molar-refractivity contribution in [2.45, 2.75) is 12.8 Å². The number of hydrogen-bond donors (Lipinski definition) is 1.